The first-order valence-electron chi connectivity index (χ1n) is 7.57. The summed E-state index contributed by atoms with van der Waals surface area (Å²) in [5.74, 6) is 2.27. The van der Waals surface area contributed by atoms with Gasteiger partial charge in [-0.2, -0.15) is 0 Å². The Balaban J connectivity index is 1.84. The van der Waals surface area contributed by atoms with Crippen LogP contribution in [0, 0.1) is 5.92 Å². The Hall–Kier alpha value is -1.22. The van der Waals surface area contributed by atoms with Gasteiger partial charge in [0.15, 0.2) is 11.5 Å². The largest absolute Gasteiger partial charge is 0.493 e. The maximum absolute atomic E-state index is 6.06. The molecule has 3 heteroatoms. The third kappa shape index (κ3) is 3.89. The summed E-state index contributed by atoms with van der Waals surface area (Å²) >= 11 is 0. The first-order chi connectivity index (χ1) is 9.74. The van der Waals surface area contributed by atoms with Crippen molar-refractivity contribution < 1.29 is 14.2 Å². The van der Waals surface area contributed by atoms with Crippen molar-refractivity contribution in [2.75, 3.05) is 20.8 Å². The molecular formula is C17H26O3. The van der Waals surface area contributed by atoms with Gasteiger partial charge in [0.1, 0.15) is 0 Å². The average molecular weight is 278 g/mol. The minimum atomic E-state index is 0.448. The summed E-state index contributed by atoms with van der Waals surface area (Å²) < 4.78 is 16.6. The highest BCUT2D eigenvalue weighted by atomic mass is 16.5. The van der Waals surface area contributed by atoms with Crippen LogP contribution >= 0.6 is 0 Å². The molecule has 0 amide bonds. The third-order valence-electron chi connectivity index (χ3n) is 4.20. The Morgan fingerprint density at radius 3 is 2.50 bits per heavy atom. The van der Waals surface area contributed by atoms with Gasteiger partial charge in [0.25, 0.3) is 0 Å². The van der Waals surface area contributed by atoms with Crippen LogP contribution in [-0.4, -0.2) is 26.9 Å². The van der Waals surface area contributed by atoms with Crippen molar-refractivity contribution >= 4 is 0 Å². The minimum Gasteiger partial charge on any atom is -0.493 e. The molecule has 2 rings (SSSR count). The highest BCUT2D eigenvalue weighted by Crippen LogP contribution is 2.29. The zero-order valence-corrected chi connectivity index (χ0v) is 12.9. The number of benzene rings is 1. The molecule has 112 valence electrons. The van der Waals surface area contributed by atoms with Gasteiger partial charge in [-0.3, -0.25) is 0 Å². The van der Waals surface area contributed by atoms with Crippen LogP contribution in [0.5, 0.6) is 11.5 Å². The third-order valence-corrected chi connectivity index (χ3v) is 4.20. The molecule has 1 fully saturated rings. The molecule has 3 nitrogen and oxygen atoms in total. The normalized spacial score (nSPS) is 22.6. The Morgan fingerprint density at radius 1 is 1.05 bits per heavy atom. The zero-order chi connectivity index (χ0) is 14.4. The summed E-state index contributed by atoms with van der Waals surface area (Å²) in [6, 6.07) is 6.07. The fourth-order valence-electron chi connectivity index (χ4n) is 2.89. The number of rotatable bonds is 6. The standard InChI is InChI=1S/C17H26O3/c1-13-6-4-5-7-15(13)20-11-10-14-8-9-16(18-2)17(12-14)19-3/h8-9,12-13,15H,4-7,10-11H2,1-3H3/t13?,15-/m0/s1. The van der Waals surface area contributed by atoms with Crippen molar-refractivity contribution in [2.24, 2.45) is 5.92 Å². The second kappa shape index (κ2) is 7.53. The van der Waals surface area contributed by atoms with E-state index in [-0.39, 0.29) is 0 Å². The maximum Gasteiger partial charge on any atom is 0.160 e. The molecule has 0 aliphatic heterocycles. The predicted octanol–water partition coefficient (Wildman–Crippen LogP) is 3.84. The average Bonchev–Trinajstić information content (AvgIpc) is 2.49. The highest BCUT2D eigenvalue weighted by Gasteiger charge is 2.21. The second-order valence-electron chi connectivity index (χ2n) is 5.61. The van der Waals surface area contributed by atoms with Gasteiger partial charge in [0.2, 0.25) is 0 Å². The van der Waals surface area contributed by atoms with E-state index in [1.54, 1.807) is 14.2 Å². The molecule has 2 atom stereocenters. The van der Waals surface area contributed by atoms with Crippen molar-refractivity contribution in [1.29, 1.82) is 0 Å². The lowest BCUT2D eigenvalue weighted by molar-refractivity contribution is -0.00334. The van der Waals surface area contributed by atoms with Crippen LogP contribution in [0.4, 0.5) is 0 Å². The second-order valence-corrected chi connectivity index (χ2v) is 5.61. The number of hydrogen-bond donors (Lipinski definition) is 0. The summed E-state index contributed by atoms with van der Waals surface area (Å²) in [5.41, 5.74) is 1.23. The monoisotopic (exact) mass is 278 g/mol. The van der Waals surface area contributed by atoms with Gasteiger partial charge in [-0.1, -0.05) is 25.8 Å². The summed E-state index contributed by atoms with van der Waals surface area (Å²) in [6.45, 7) is 3.09. The van der Waals surface area contributed by atoms with E-state index in [1.165, 1.54) is 31.2 Å². The molecule has 0 aromatic heterocycles. The van der Waals surface area contributed by atoms with Crippen LogP contribution in [0.25, 0.3) is 0 Å². The lowest BCUT2D eigenvalue weighted by Crippen LogP contribution is -2.26. The van der Waals surface area contributed by atoms with Gasteiger partial charge in [-0.15, -0.1) is 0 Å². The van der Waals surface area contributed by atoms with Gasteiger partial charge >= 0.3 is 0 Å². The van der Waals surface area contributed by atoms with Crippen molar-refractivity contribution in [3.8, 4) is 11.5 Å². The lowest BCUT2D eigenvalue weighted by Gasteiger charge is -2.28. The first kappa shape index (κ1) is 15.2. The first-order valence-corrected chi connectivity index (χ1v) is 7.57. The molecule has 0 N–H and O–H groups in total. The Morgan fingerprint density at radius 2 is 1.80 bits per heavy atom. The number of hydrogen-bond acceptors (Lipinski definition) is 3. The number of ether oxygens (including phenoxy) is 3. The van der Waals surface area contributed by atoms with Crippen molar-refractivity contribution in [2.45, 2.75) is 45.1 Å². The van der Waals surface area contributed by atoms with E-state index in [1.807, 2.05) is 12.1 Å². The molecule has 1 aromatic rings. The summed E-state index contributed by atoms with van der Waals surface area (Å²) in [7, 11) is 3.33. The molecule has 0 bridgehead atoms. The van der Waals surface area contributed by atoms with E-state index in [4.69, 9.17) is 14.2 Å². The highest BCUT2D eigenvalue weighted by molar-refractivity contribution is 5.42. The molecular weight excluding hydrogens is 252 g/mol. The maximum atomic E-state index is 6.06. The summed E-state index contributed by atoms with van der Waals surface area (Å²) in [6.07, 6.45) is 6.56. The Kier molecular flexibility index (Phi) is 5.72. The van der Waals surface area contributed by atoms with Crippen molar-refractivity contribution in [1.82, 2.24) is 0 Å². The van der Waals surface area contributed by atoms with Crippen molar-refractivity contribution in [3.63, 3.8) is 0 Å². The van der Waals surface area contributed by atoms with Crippen LogP contribution in [0.15, 0.2) is 18.2 Å². The van der Waals surface area contributed by atoms with Crippen LogP contribution in [0.2, 0.25) is 0 Å². The molecule has 0 heterocycles. The van der Waals surface area contributed by atoms with Crippen LogP contribution < -0.4 is 9.47 Å². The van der Waals surface area contributed by atoms with E-state index in [9.17, 15) is 0 Å². The molecule has 1 aliphatic rings. The van der Waals surface area contributed by atoms with Crippen LogP contribution in [0.1, 0.15) is 38.2 Å². The van der Waals surface area contributed by atoms with Gasteiger partial charge in [-0.25, -0.2) is 0 Å². The lowest BCUT2D eigenvalue weighted by atomic mass is 9.88. The van der Waals surface area contributed by atoms with Crippen molar-refractivity contribution in [3.05, 3.63) is 23.8 Å². The minimum absolute atomic E-state index is 0.448. The SMILES string of the molecule is COc1ccc(CCO[C@H]2CCCCC2C)cc1OC. The molecule has 20 heavy (non-hydrogen) atoms. The molecule has 0 spiro atoms. The molecule has 1 aliphatic carbocycles. The molecule has 0 radical (unpaired) electrons. The zero-order valence-electron chi connectivity index (χ0n) is 12.9. The van der Waals surface area contributed by atoms with E-state index >= 15 is 0 Å². The van der Waals surface area contributed by atoms with Crippen LogP contribution in [-0.2, 0) is 11.2 Å². The smallest absolute Gasteiger partial charge is 0.160 e. The topological polar surface area (TPSA) is 27.7 Å². The molecule has 1 aromatic carbocycles. The number of methoxy groups -OCH3 is 2. The Bertz CT molecular complexity index is 417. The molecule has 1 saturated carbocycles. The van der Waals surface area contributed by atoms with Gasteiger partial charge in [0.05, 0.1) is 26.9 Å². The summed E-state index contributed by atoms with van der Waals surface area (Å²) in [5, 5.41) is 0. The van der Waals surface area contributed by atoms with E-state index in [2.05, 4.69) is 13.0 Å². The van der Waals surface area contributed by atoms with Gasteiger partial charge in [-0.05, 0) is 42.9 Å². The fraction of sp³-hybridized carbons (Fsp3) is 0.647. The Labute approximate surface area is 122 Å². The molecule has 0 saturated heterocycles. The quantitative estimate of drug-likeness (QED) is 0.791. The van der Waals surface area contributed by atoms with E-state index in [0.29, 0.717) is 12.0 Å². The fourth-order valence-corrected chi connectivity index (χ4v) is 2.89. The van der Waals surface area contributed by atoms with Gasteiger partial charge in [0, 0.05) is 0 Å². The summed E-state index contributed by atoms with van der Waals surface area (Å²) in [4.78, 5) is 0. The molecule has 1 unspecified atom stereocenters. The van der Waals surface area contributed by atoms with E-state index in [0.717, 1.165) is 24.5 Å². The van der Waals surface area contributed by atoms with Crippen LogP contribution in [0.3, 0.4) is 0 Å². The predicted molar refractivity (Wildman–Crippen MR) is 80.6 cm³/mol. The van der Waals surface area contributed by atoms with Gasteiger partial charge < -0.3 is 14.2 Å². The van der Waals surface area contributed by atoms with E-state index < -0.39 is 0 Å².